The standard InChI is InChI=1S/C11H22N2O3/c1-3-4-5-6-10(14)13-9-11(15)12-7-8-16-2/h3-9H2,1-2H3,(H,12,15)(H,13,14). The van der Waals surface area contributed by atoms with Crippen molar-refractivity contribution in [2.75, 3.05) is 26.8 Å². The Morgan fingerprint density at radius 2 is 1.88 bits per heavy atom. The second-order valence-electron chi connectivity index (χ2n) is 3.58. The van der Waals surface area contributed by atoms with Crippen molar-refractivity contribution in [1.82, 2.24) is 10.6 Å². The van der Waals surface area contributed by atoms with E-state index >= 15 is 0 Å². The SMILES string of the molecule is CCCCCC(=O)NCC(=O)NCCOC. The first-order chi connectivity index (χ1) is 7.70. The van der Waals surface area contributed by atoms with Crippen molar-refractivity contribution < 1.29 is 14.3 Å². The van der Waals surface area contributed by atoms with Crippen molar-refractivity contribution in [3.05, 3.63) is 0 Å². The van der Waals surface area contributed by atoms with Crippen molar-refractivity contribution in [3.8, 4) is 0 Å². The van der Waals surface area contributed by atoms with Gasteiger partial charge in [-0.1, -0.05) is 19.8 Å². The molecule has 0 saturated carbocycles. The Bertz CT molecular complexity index is 185. The molecule has 94 valence electrons. The van der Waals surface area contributed by atoms with Crippen LogP contribution in [0.5, 0.6) is 0 Å². The predicted octanol–water partition coefficient (Wildman–Crippen LogP) is 0.446. The topological polar surface area (TPSA) is 67.4 Å². The molecule has 0 unspecified atom stereocenters. The highest BCUT2D eigenvalue weighted by Crippen LogP contribution is 1.97. The summed E-state index contributed by atoms with van der Waals surface area (Å²) in [7, 11) is 1.57. The van der Waals surface area contributed by atoms with E-state index in [0.29, 0.717) is 19.6 Å². The van der Waals surface area contributed by atoms with Gasteiger partial charge < -0.3 is 15.4 Å². The molecule has 0 aromatic heterocycles. The molecule has 0 fully saturated rings. The molecule has 0 aliphatic rings. The Morgan fingerprint density at radius 3 is 2.50 bits per heavy atom. The molecule has 0 aromatic rings. The second-order valence-corrected chi connectivity index (χ2v) is 3.58. The van der Waals surface area contributed by atoms with Gasteiger partial charge in [-0.2, -0.15) is 0 Å². The van der Waals surface area contributed by atoms with Gasteiger partial charge in [-0.15, -0.1) is 0 Å². The van der Waals surface area contributed by atoms with Crippen LogP contribution in [-0.2, 0) is 14.3 Å². The number of carbonyl (C=O) groups is 2. The van der Waals surface area contributed by atoms with E-state index in [2.05, 4.69) is 17.6 Å². The van der Waals surface area contributed by atoms with Crippen LogP contribution in [0.15, 0.2) is 0 Å². The lowest BCUT2D eigenvalue weighted by Crippen LogP contribution is -2.38. The molecule has 0 saturated heterocycles. The third-order valence-corrected chi connectivity index (χ3v) is 2.08. The molecule has 0 aliphatic carbocycles. The van der Waals surface area contributed by atoms with Crippen LogP contribution in [0.4, 0.5) is 0 Å². The van der Waals surface area contributed by atoms with Crippen LogP contribution in [-0.4, -0.2) is 38.6 Å². The van der Waals surface area contributed by atoms with Gasteiger partial charge in [0.1, 0.15) is 0 Å². The number of unbranched alkanes of at least 4 members (excludes halogenated alkanes) is 2. The number of methoxy groups -OCH3 is 1. The lowest BCUT2D eigenvalue weighted by atomic mass is 10.2. The van der Waals surface area contributed by atoms with Gasteiger partial charge in [-0.3, -0.25) is 9.59 Å². The van der Waals surface area contributed by atoms with E-state index in [1.807, 2.05) is 0 Å². The monoisotopic (exact) mass is 230 g/mol. The van der Waals surface area contributed by atoms with Crippen LogP contribution in [0.2, 0.25) is 0 Å². The highest BCUT2D eigenvalue weighted by molar-refractivity contribution is 5.84. The van der Waals surface area contributed by atoms with Crippen molar-refractivity contribution in [2.24, 2.45) is 0 Å². The molecular weight excluding hydrogens is 208 g/mol. The maximum atomic E-state index is 11.2. The average molecular weight is 230 g/mol. The molecule has 0 atom stereocenters. The minimum Gasteiger partial charge on any atom is -0.383 e. The first-order valence-corrected chi connectivity index (χ1v) is 5.73. The number of amides is 2. The fourth-order valence-electron chi connectivity index (χ4n) is 1.16. The van der Waals surface area contributed by atoms with Crippen molar-refractivity contribution >= 4 is 11.8 Å². The number of carbonyl (C=O) groups excluding carboxylic acids is 2. The molecule has 0 spiro atoms. The largest absolute Gasteiger partial charge is 0.383 e. The zero-order valence-electron chi connectivity index (χ0n) is 10.2. The Morgan fingerprint density at radius 1 is 1.12 bits per heavy atom. The number of hydrogen-bond donors (Lipinski definition) is 2. The van der Waals surface area contributed by atoms with Gasteiger partial charge in [0, 0.05) is 20.1 Å². The zero-order chi connectivity index (χ0) is 12.2. The summed E-state index contributed by atoms with van der Waals surface area (Å²) < 4.78 is 4.78. The molecule has 0 aliphatic heterocycles. The molecule has 2 amide bonds. The van der Waals surface area contributed by atoms with Crippen molar-refractivity contribution in [1.29, 1.82) is 0 Å². The summed E-state index contributed by atoms with van der Waals surface area (Å²) in [5, 5.41) is 5.20. The molecule has 16 heavy (non-hydrogen) atoms. The maximum absolute atomic E-state index is 11.2. The fourth-order valence-corrected chi connectivity index (χ4v) is 1.16. The van der Waals surface area contributed by atoms with Crippen molar-refractivity contribution in [3.63, 3.8) is 0 Å². The summed E-state index contributed by atoms with van der Waals surface area (Å²) >= 11 is 0. The first kappa shape index (κ1) is 14.9. The Balaban J connectivity index is 3.40. The number of hydrogen-bond acceptors (Lipinski definition) is 3. The summed E-state index contributed by atoms with van der Waals surface area (Å²) in [4.78, 5) is 22.4. The van der Waals surface area contributed by atoms with E-state index in [1.165, 1.54) is 0 Å². The van der Waals surface area contributed by atoms with Crippen LogP contribution in [0.3, 0.4) is 0 Å². The molecule has 0 rings (SSSR count). The van der Waals surface area contributed by atoms with Gasteiger partial charge in [-0.05, 0) is 6.42 Å². The quantitative estimate of drug-likeness (QED) is 0.565. The molecule has 0 bridgehead atoms. The van der Waals surface area contributed by atoms with E-state index in [1.54, 1.807) is 7.11 Å². The number of rotatable bonds is 9. The average Bonchev–Trinajstić information content (AvgIpc) is 2.27. The maximum Gasteiger partial charge on any atom is 0.239 e. The highest BCUT2D eigenvalue weighted by Gasteiger charge is 2.04. The van der Waals surface area contributed by atoms with E-state index in [4.69, 9.17) is 4.74 Å². The number of nitrogens with one attached hydrogen (secondary N) is 2. The molecule has 0 aromatic carbocycles. The lowest BCUT2D eigenvalue weighted by molar-refractivity contribution is -0.126. The third-order valence-electron chi connectivity index (χ3n) is 2.08. The molecule has 5 nitrogen and oxygen atoms in total. The van der Waals surface area contributed by atoms with Gasteiger partial charge in [0.05, 0.1) is 13.2 Å². The minimum atomic E-state index is -0.180. The van der Waals surface area contributed by atoms with E-state index in [0.717, 1.165) is 19.3 Å². The molecule has 0 radical (unpaired) electrons. The summed E-state index contributed by atoms with van der Waals surface area (Å²) in [6, 6.07) is 0. The molecule has 5 heteroatoms. The highest BCUT2D eigenvalue weighted by atomic mass is 16.5. The predicted molar refractivity (Wildman–Crippen MR) is 62.0 cm³/mol. The Hall–Kier alpha value is -1.10. The zero-order valence-corrected chi connectivity index (χ0v) is 10.2. The minimum absolute atomic E-state index is 0.0503. The summed E-state index contributed by atoms with van der Waals surface area (Å²) in [5.74, 6) is -0.240. The number of ether oxygens (including phenoxy) is 1. The smallest absolute Gasteiger partial charge is 0.239 e. The van der Waals surface area contributed by atoms with Crippen LogP contribution in [0.25, 0.3) is 0 Å². The van der Waals surface area contributed by atoms with Crippen LogP contribution < -0.4 is 10.6 Å². The molecule has 0 heterocycles. The van der Waals surface area contributed by atoms with Crippen LogP contribution in [0.1, 0.15) is 32.6 Å². The van der Waals surface area contributed by atoms with Gasteiger partial charge in [0.2, 0.25) is 11.8 Å². The van der Waals surface area contributed by atoms with E-state index in [-0.39, 0.29) is 18.4 Å². The van der Waals surface area contributed by atoms with Gasteiger partial charge in [-0.25, -0.2) is 0 Å². The summed E-state index contributed by atoms with van der Waals surface area (Å²) in [6.07, 6.45) is 3.52. The van der Waals surface area contributed by atoms with Crippen molar-refractivity contribution in [2.45, 2.75) is 32.6 Å². The third kappa shape index (κ3) is 9.45. The normalized spacial score (nSPS) is 9.88. The van der Waals surface area contributed by atoms with E-state index in [9.17, 15) is 9.59 Å². The van der Waals surface area contributed by atoms with Gasteiger partial charge >= 0.3 is 0 Å². The molecular formula is C11H22N2O3. The summed E-state index contributed by atoms with van der Waals surface area (Å²) in [5.41, 5.74) is 0. The van der Waals surface area contributed by atoms with Gasteiger partial charge in [0.25, 0.3) is 0 Å². The van der Waals surface area contributed by atoms with Crippen LogP contribution in [0, 0.1) is 0 Å². The Kier molecular flexibility index (Phi) is 9.70. The summed E-state index contributed by atoms with van der Waals surface area (Å²) in [6.45, 7) is 3.09. The fraction of sp³-hybridized carbons (Fsp3) is 0.818. The van der Waals surface area contributed by atoms with Gasteiger partial charge in [0.15, 0.2) is 0 Å². The van der Waals surface area contributed by atoms with E-state index < -0.39 is 0 Å². The first-order valence-electron chi connectivity index (χ1n) is 5.73. The van der Waals surface area contributed by atoms with Crippen LogP contribution >= 0.6 is 0 Å². The Labute approximate surface area is 96.9 Å². The second kappa shape index (κ2) is 10.4. The molecule has 2 N–H and O–H groups in total. The lowest BCUT2D eigenvalue weighted by Gasteiger charge is -2.06.